The highest BCUT2D eigenvalue weighted by Gasteiger charge is 2.20. The van der Waals surface area contributed by atoms with Gasteiger partial charge in [0.25, 0.3) is 0 Å². The van der Waals surface area contributed by atoms with Crippen molar-refractivity contribution in [1.82, 2.24) is 4.72 Å². The van der Waals surface area contributed by atoms with Crippen LogP contribution in [0.15, 0.2) is 33.6 Å². The predicted octanol–water partition coefficient (Wildman–Crippen LogP) is 3.34. The summed E-state index contributed by atoms with van der Waals surface area (Å²) in [5.74, 6) is 0.473. The SMILES string of the molecule is Cc1cc(C)c(S(=O)(=O)NCc2ccc(Cl)o2)c(C)c1. The molecule has 20 heavy (non-hydrogen) atoms. The lowest BCUT2D eigenvalue weighted by Crippen LogP contribution is -2.24. The lowest BCUT2D eigenvalue weighted by Gasteiger charge is -2.12. The van der Waals surface area contributed by atoms with Crippen molar-refractivity contribution in [3.8, 4) is 0 Å². The maximum atomic E-state index is 12.4. The normalized spacial score (nSPS) is 11.8. The molecule has 0 saturated heterocycles. The van der Waals surface area contributed by atoms with Crippen LogP contribution >= 0.6 is 11.6 Å². The van der Waals surface area contributed by atoms with Crippen LogP contribution in [0.2, 0.25) is 5.22 Å². The van der Waals surface area contributed by atoms with Crippen LogP contribution in [-0.4, -0.2) is 8.42 Å². The van der Waals surface area contributed by atoms with Gasteiger partial charge in [-0.25, -0.2) is 13.1 Å². The Kier molecular flexibility index (Phi) is 4.22. The van der Waals surface area contributed by atoms with Gasteiger partial charge in [-0.3, -0.25) is 0 Å². The smallest absolute Gasteiger partial charge is 0.241 e. The molecule has 6 heteroatoms. The van der Waals surface area contributed by atoms with Crippen LogP contribution < -0.4 is 4.72 Å². The second-order valence-corrected chi connectivity index (χ2v) is 6.83. The third kappa shape index (κ3) is 3.23. The van der Waals surface area contributed by atoms with Gasteiger partial charge in [-0.15, -0.1) is 0 Å². The number of furan rings is 1. The van der Waals surface area contributed by atoms with Crippen molar-refractivity contribution in [3.05, 3.63) is 51.9 Å². The van der Waals surface area contributed by atoms with Crippen LogP contribution in [0.3, 0.4) is 0 Å². The van der Waals surface area contributed by atoms with Gasteiger partial charge in [0.2, 0.25) is 10.0 Å². The fourth-order valence-corrected chi connectivity index (χ4v) is 3.88. The summed E-state index contributed by atoms with van der Waals surface area (Å²) in [5.41, 5.74) is 2.50. The average Bonchev–Trinajstić information content (AvgIpc) is 2.71. The summed E-state index contributed by atoms with van der Waals surface area (Å²) in [6, 6.07) is 6.92. The summed E-state index contributed by atoms with van der Waals surface area (Å²) in [4.78, 5) is 0.320. The van der Waals surface area contributed by atoms with Crippen molar-refractivity contribution < 1.29 is 12.8 Å². The molecule has 0 aliphatic carbocycles. The van der Waals surface area contributed by atoms with Gasteiger partial charge in [-0.05, 0) is 55.6 Å². The number of benzene rings is 1. The van der Waals surface area contributed by atoms with Crippen molar-refractivity contribution in [2.45, 2.75) is 32.2 Å². The van der Waals surface area contributed by atoms with Gasteiger partial charge in [0.1, 0.15) is 5.76 Å². The molecule has 2 rings (SSSR count). The van der Waals surface area contributed by atoms with Gasteiger partial charge in [0, 0.05) is 0 Å². The summed E-state index contributed by atoms with van der Waals surface area (Å²) in [6.07, 6.45) is 0. The first-order chi connectivity index (χ1) is 9.29. The van der Waals surface area contributed by atoms with E-state index >= 15 is 0 Å². The van der Waals surface area contributed by atoms with Gasteiger partial charge in [-0.1, -0.05) is 17.7 Å². The maximum Gasteiger partial charge on any atom is 0.241 e. The molecule has 0 aliphatic rings. The van der Waals surface area contributed by atoms with Gasteiger partial charge in [-0.2, -0.15) is 0 Å². The summed E-state index contributed by atoms with van der Waals surface area (Å²) in [6.45, 7) is 5.59. The van der Waals surface area contributed by atoms with E-state index in [0.717, 1.165) is 16.7 Å². The Balaban J connectivity index is 2.27. The minimum atomic E-state index is -3.58. The van der Waals surface area contributed by atoms with Gasteiger partial charge in [0.15, 0.2) is 5.22 Å². The Bertz CT molecular complexity index is 712. The van der Waals surface area contributed by atoms with E-state index in [2.05, 4.69) is 4.72 Å². The third-order valence-corrected chi connectivity index (χ3v) is 4.85. The van der Waals surface area contributed by atoms with Crippen LogP contribution in [0, 0.1) is 20.8 Å². The highest BCUT2D eigenvalue weighted by atomic mass is 35.5. The second-order valence-electron chi connectivity index (χ2n) is 4.76. The van der Waals surface area contributed by atoms with E-state index in [1.165, 1.54) is 0 Å². The standard InChI is InChI=1S/C14H16ClNO3S/c1-9-6-10(2)14(11(3)7-9)20(17,18)16-8-12-4-5-13(15)19-12/h4-7,16H,8H2,1-3H3. The molecule has 1 N–H and O–H groups in total. The van der Waals surface area contributed by atoms with E-state index in [1.54, 1.807) is 26.0 Å². The van der Waals surface area contributed by atoms with Crippen molar-refractivity contribution >= 4 is 21.6 Å². The summed E-state index contributed by atoms with van der Waals surface area (Å²) < 4.78 is 32.4. The molecule has 0 atom stereocenters. The molecule has 1 heterocycles. The summed E-state index contributed by atoms with van der Waals surface area (Å²) in [7, 11) is -3.58. The van der Waals surface area contributed by atoms with E-state index in [9.17, 15) is 8.42 Å². The lowest BCUT2D eigenvalue weighted by molar-refractivity contribution is 0.500. The highest BCUT2D eigenvalue weighted by Crippen LogP contribution is 2.22. The van der Waals surface area contributed by atoms with Gasteiger partial charge >= 0.3 is 0 Å². The molecule has 2 aromatic rings. The zero-order valence-corrected chi connectivity index (χ0v) is 13.1. The van der Waals surface area contributed by atoms with Crippen LogP contribution in [0.4, 0.5) is 0 Å². The number of halogens is 1. The predicted molar refractivity (Wildman–Crippen MR) is 78.4 cm³/mol. The minimum absolute atomic E-state index is 0.0712. The summed E-state index contributed by atoms with van der Waals surface area (Å²) >= 11 is 5.65. The number of hydrogen-bond acceptors (Lipinski definition) is 3. The lowest BCUT2D eigenvalue weighted by atomic mass is 10.1. The van der Waals surface area contributed by atoms with Crippen molar-refractivity contribution in [1.29, 1.82) is 0 Å². The number of rotatable bonds is 4. The second kappa shape index (κ2) is 5.60. The molecular formula is C14H16ClNO3S. The average molecular weight is 314 g/mol. The molecule has 1 aromatic carbocycles. The Morgan fingerprint density at radius 2 is 1.75 bits per heavy atom. The zero-order chi connectivity index (χ0) is 14.9. The van der Waals surface area contributed by atoms with E-state index in [1.807, 2.05) is 19.1 Å². The van der Waals surface area contributed by atoms with Gasteiger partial charge in [0.05, 0.1) is 11.4 Å². The fourth-order valence-electron chi connectivity index (χ4n) is 2.28. The molecule has 0 bridgehead atoms. The molecule has 0 fully saturated rings. The molecule has 1 aromatic heterocycles. The van der Waals surface area contributed by atoms with Crippen molar-refractivity contribution in [2.75, 3.05) is 0 Å². The quantitative estimate of drug-likeness (QED) is 0.941. The molecule has 0 spiro atoms. The first kappa shape index (κ1) is 15.1. The first-order valence-corrected chi connectivity index (χ1v) is 7.97. The third-order valence-electron chi connectivity index (χ3n) is 2.94. The molecular weight excluding hydrogens is 298 g/mol. The number of nitrogens with one attached hydrogen (secondary N) is 1. The Hall–Kier alpha value is -1.30. The van der Waals surface area contributed by atoms with Crippen LogP contribution in [0.1, 0.15) is 22.5 Å². The Morgan fingerprint density at radius 3 is 2.25 bits per heavy atom. The minimum Gasteiger partial charge on any atom is -0.448 e. The van der Waals surface area contributed by atoms with E-state index in [-0.39, 0.29) is 11.8 Å². The highest BCUT2D eigenvalue weighted by molar-refractivity contribution is 7.89. The Morgan fingerprint density at radius 1 is 1.15 bits per heavy atom. The number of aryl methyl sites for hydroxylation is 3. The monoisotopic (exact) mass is 313 g/mol. The topological polar surface area (TPSA) is 59.3 Å². The van der Waals surface area contributed by atoms with Crippen molar-refractivity contribution in [2.24, 2.45) is 0 Å². The van der Waals surface area contributed by atoms with Crippen LogP contribution in [0.25, 0.3) is 0 Å². The number of hydrogen-bond donors (Lipinski definition) is 1. The zero-order valence-electron chi connectivity index (χ0n) is 11.5. The largest absolute Gasteiger partial charge is 0.448 e. The van der Waals surface area contributed by atoms with E-state index in [0.29, 0.717) is 10.7 Å². The molecule has 4 nitrogen and oxygen atoms in total. The van der Waals surface area contributed by atoms with Gasteiger partial charge < -0.3 is 4.42 Å². The van der Waals surface area contributed by atoms with Crippen LogP contribution in [-0.2, 0) is 16.6 Å². The van der Waals surface area contributed by atoms with Crippen molar-refractivity contribution in [3.63, 3.8) is 0 Å². The molecule has 0 saturated carbocycles. The molecule has 0 unspecified atom stereocenters. The first-order valence-electron chi connectivity index (χ1n) is 6.11. The maximum absolute atomic E-state index is 12.4. The Labute approximate surface area is 123 Å². The fraction of sp³-hybridized carbons (Fsp3) is 0.286. The molecule has 0 radical (unpaired) electrons. The molecule has 108 valence electrons. The molecule has 0 aliphatic heterocycles. The van der Waals surface area contributed by atoms with E-state index < -0.39 is 10.0 Å². The van der Waals surface area contributed by atoms with E-state index in [4.69, 9.17) is 16.0 Å². The molecule has 0 amide bonds. The summed E-state index contributed by atoms with van der Waals surface area (Å²) in [5, 5.41) is 0.238. The van der Waals surface area contributed by atoms with Crippen LogP contribution in [0.5, 0.6) is 0 Å². The number of sulfonamides is 1.